The molecule has 4 atom stereocenters. The molecular weight excluding hydrogens is 650 g/mol. The van der Waals surface area contributed by atoms with Crippen molar-refractivity contribution in [1.29, 1.82) is 5.26 Å². The maximum atomic E-state index is 13.5. The van der Waals surface area contributed by atoms with Crippen LogP contribution >= 0.6 is 11.6 Å². The molecule has 0 aromatic heterocycles. The Hall–Kier alpha value is -3.48. The predicted octanol–water partition coefficient (Wildman–Crippen LogP) is 7.62. The Labute approximate surface area is 304 Å². The van der Waals surface area contributed by atoms with Crippen LogP contribution in [0.4, 0.5) is 10.5 Å². The molecule has 2 aromatic rings. The second kappa shape index (κ2) is 15.8. The third-order valence-electron chi connectivity index (χ3n) is 11.0. The van der Waals surface area contributed by atoms with E-state index in [9.17, 15) is 14.9 Å². The number of hydrogen-bond donors (Lipinski definition) is 1. The number of carbonyl (C=O) groups excluding carboxylic acids is 2. The molecule has 0 bridgehead atoms. The van der Waals surface area contributed by atoms with Gasteiger partial charge in [-0.25, -0.2) is 4.79 Å². The average molecular weight is 706 g/mol. The van der Waals surface area contributed by atoms with Crippen LogP contribution in [0.3, 0.4) is 0 Å². The number of nitriles is 1. The quantitative estimate of drug-likeness (QED) is 0.257. The summed E-state index contributed by atoms with van der Waals surface area (Å²) in [6.45, 7) is 21.2. The van der Waals surface area contributed by atoms with Crippen molar-refractivity contribution >= 4 is 29.3 Å². The SMILES string of the molecule is CC[C@@H](NC(=O)c1ccc(N2CC3CN(CC4CCN(C(=O)OC(C)(C)C)CC4)CC3C2)cc1)C(C)(C)[C@@H](CC)Oc1ccc(C#N)c(Cl)c1. The molecule has 3 aliphatic heterocycles. The molecule has 9 nitrogen and oxygen atoms in total. The number of benzene rings is 2. The van der Waals surface area contributed by atoms with Crippen molar-refractivity contribution in [2.75, 3.05) is 50.7 Å². The minimum Gasteiger partial charge on any atom is -0.490 e. The molecule has 5 rings (SSSR count). The normalized spacial score (nSPS) is 21.3. The second-order valence-electron chi connectivity index (χ2n) is 16.1. The largest absolute Gasteiger partial charge is 0.490 e. The fourth-order valence-corrected chi connectivity index (χ4v) is 8.34. The van der Waals surface area contributed by atoms with Crippen molar-refractivity contribution in [3.8, 4) is 11.8 Å². The fraction of sp³-hybridized carbons (Fsp3) is 0.625. The molecule has 10 heteroatoms. The number of nitrogens with one attached hydrogen (secondary N) is 1. The van der Waals surface area contributed by atoms with Gasteiger partial charge in [-0.15, -0.1) is 0 Å². The summed E-state index contributed by atoms with van der Waals surface area (Å²) in [7, 11) is 0. The van der Waals surface area contributed by atoms with E-state index in [1.54, 1.807) is 18.2 Å². The van der Waals surface area contributed by atoms with Crippen LogP contribution in [-0.2, 0) is 4.74 Å². The van der Waals surface area contributed by atoms with E-state index >= 15 is 0 Å². The summed E-state index contributed by atoms with van der Waals surface area (Å²) in [5, 5.41) is 12.9. The molecule has 2 unspecified atom stereocenters. The average Bonchev–Trinajstić information content (AvgIpc) is 3.64. The molecule has 1 N–H and O–H groups in total. The number of ether oxygens (including phenoxy) is 2. The lowest BCUT2D eigenvalue weighted by Crippen LogP contribution is -2.51. The van der Waals surface area contributed by atoms with Crippen LogP contribution in [-0.4, -0.2) is 85.4 Å². The molecule has 2 amide bonds. The number of anilines is 1. The molecule has 0 spiro atoms. The fourth-order valence-electron chi connectivity index (χ4n) is 8.13. The topological polar surface area (TPSA) is 98.1 Å². The van der Waals surface area contributed by atoms with E-state index in [2.05, 4.69) is 61.0 Å². The number of nitrogens with zero attached hydrogens (tertiary/aromatic N) is 4. The van der Waals surface area contributed by atoms with Gasteiger partial charge in [0, 0.05) is 74.6 Å². The highest BCUT2D eigenvalue weighted by Crippen LogP contribution is 2.36. The Bertz CT molecular complexity index is 1510. The van der Waals surface area contributed by atoms with E-state index in [1.165, 1.54) is 5.69 Å². The highest BCUT2D eigenvalue weighted by molar-refractivity contribution is 6.31. The summed E-state index contributed by atoms with van der Waals surface area (Å²) in [5.41, 5.74) is 1.40. The van der Waals surface area contributed by atoms with Gasteiger partial charge in [0.15, 0.2) is 0 Å². The molecule has 3 fully saturated rings. The number of likely N-dealkylation sites (tertiary alicyclic amines) is 2. The maximum absolute atomic E-state index is 13.5. The van der Waals surface area contributed by atoms with Crippen LogP contribution < -0.4 is 15.0 Å². The highest BCUT2D eigenvalue weighted by Gasteiger charge is 2.41. The van der Waals surface area contributed by atoms with Crippen LogP contribution in [0.15, 0.2) is 42.5 Å². The van der Waals surface area contributed by atoms with Crippen LogP contribution in [0.5, 0.6) is 5.75 Å². The highest BCUT2D eigenvalue weighted by atomic mass is 35.5. The molecule has 3 heterocycles. The standard InChI is InChI=1S/C40H56ClN5O4/c1-8-35(40(6,7)36(9-2)49-33-15-12-29(21-42)34(41)20-33)43-37(47)28-10-13-32(14-11-28)46-25-30-23-44(24-31(30)26-46)22-27-16-18-45(19-17-27)38(48)50-39(3,4)5/h10-15,20,27,30-31,35-36H,8-9,16-19,22-26H2,1-7H3,(H,43,47)/t30?,31?,35-,36-/m1/s1. The third kappa shape index (κ3) is 9.05. The van der Waals surface area contributed by atoms with Crippen molar-refractivity contribution in [3.05, 3.63) is 58.6 Å². The lowest BCUT2D eigenvalue weighted by molar-refractivity contribution is 0.0172. The number of amides is 2. The van der Waals surface area contributed by atoms with Gasteiger partial charge in [0.25, 0.3) is 5.91 Å². The number of piperidine rings is 1. The van der Waals surface area contributed by atoms with Gasteiger partial charge in [-0.3, -0.25) is 4.79 Å². The van der Waals surface area contributed by atoms with E-state index in [0.29, 0.717) is 39.7 Å². The summed E-state index contributed by atoms with van der Waals surface area (Å²) >= 11 is 6.26. The maximum Gasteiger partial charge on any atom is 0.410 e. The Balaban J connectivity index is 1.09. The molecule has 0 radical (unpaired) electrons. The van der Waals surface area contributed by atoms with Crippen molar-refractivity contribution in [2.24, 2.45) is 23.2 Å². The summed E-state index contributed by atoms with van der Waals surface area (Å²) in [6, 6.07) is 15.2. The molecule has 0 aliphatic carbocycles. The first-order valence-corrected chi connectivity index (χ1v) is 18.8. The Morgan fingerprint density at radius 3 is 2.14 bits per heavy atom. The van der Waals surface area contributed by atoms with Gasteiger partial charge in [0.1, 0.15) is 23.5 Å². The minimum atomic E-state index is -0.456. The van der Waals surface area contributed by atoms with E-state index < -0.39 is 5.60 Å². The van der Waals surface area contributed by atoms with Crippen LogP contribution in [0.2, 0.25) is 5.02 Å². The van der Waals surface area contributed by atoms with Crippen LogP contribution in [0, 0.1) is 34.5 Å². The smallest absolute Gasteiger partial charge is 0.410 e. The molecule has 0 saturated carbocycles. The first-order chi connectivity index (χ1) is 23.7. The number of fused-ring (bicyclic) bond motifs is 1. The van der Waals surface area contributed by atoms with E-state index in [-0.39, 0.29) is 29.6 Å². The predicted molar refractivity (Wildman–Crippen MR) is 199 cm³/mol. The Morgan fingerprint density at radius 2 is 1.60 bits per heavy atom. The second-order valence-corrected chi connectivity index (χ2v) is 16.5. The van der Waals surface area contributed by atoms with Gasteiger partial charge in [-0.05, 0) is 101 Å². The first-order valence-electron chi connectivity index (χ1n) is 18.4. The van der Waals surface area contributed by atoms with Gasteiger partial charge in [0.2, 0.25) is 0 Å². The van der Waals surface area contributed by atoms with E-state index in [1.807, 2.05) is 37.8 Å². The molecule has 272 valence electrons. The van der Waals surface area contributed by atoms with Crippen LogP contribution in [0.25, 0.3) is 0 Å². The summed E-state index contributed by atoms with van der Waals surface area (Å²) < 4.78 is 11.9. The summed E-state index contributed by atoms with van der Waals surface area (Å²) in [6.07, 6.45) is 3.21. The molecule has 3 saturated heterocycles. The van der Waals surface area contributed by atoms with Gasteiger partial charge < -0.3 is 29.5 Å². The number of halogens is 1. The van der Waals surface area contributed by atoms with Gasteiger partial charge in [-0.1, -0.05) is 39.3 Å². The number of hydrogen-bond acceptors (Lipinski definition) is 7. The van der Waals surface area contributed by atoms with E-state index in [0.717, 1.165) is 71.5 Å². The van der Waals surface area contributed by atoms with Gasteiger partial charge in [0.05, 0.1) is 10.6 Å². The van der Waals surface area contributed by atoms with Crippen molar-refractivity contribution in [2.45, 2.75) is 91.9 Å². The Morgan fingerprint density at radius 1 is 0.960 bits per heavy atom. The molecule has 2 aromatic carbocycles. The van der Waals surface area contributed by atoms with Crippen LogP contribution in [0.1, 0.15) is 90.1 Å². The van der Waals surface area contributed by atoms with Gasteiger partial charge >= 0.3 is 6.09 Å². The molecule has 3 aliphatic rings. The summed E-state index contributed by atoms with van der Waals surface area (Å²) in [5.74, 6) is 2.46. The zero-order valence-corrected chi connectivity index (χ0v) is 31.8. The molecular formula is C40H56ClN5O4. The lowest BCUT2D eigenvalue weighted by Gasteiger charge is -2.40. The third-order valence-corrected chi connectivity index (χ3v) is 11.3. The zero-order chi connectivity index (χ0) is 36.2. The Kier molecular flexibility index (Phi) is 11.9. The number of carbonyl (C=O) groups is 2. The van der Waals surface area contributed by atoms with Gasteiger partial charge in [-0.2, -0.15) is 5.26 Å². The minimum absolute atomic E-state index is 0.0846. The first kappa shape index (κ1) is 37.8. The lowest BCUT2D eigenvalue weighted by atomic mass is 9.76. The number of rotatable bonds is 11. The van der Waals surface area contributed by atoms with Crippen molar-refractivity contribution in [3.63, 3.8) is 0 Å². The summed E-state index contributed by atoms with van der Waals surface area (Å²) in [4.78, 5) is 32.9. The molecule has 50 heavy (non-hydrogen) atoms. The van der Waals surface area contributed by atoms with Crippen molar-refractivity contribution in [1.82, 2.24) is 15.1 Å². The monoisotopic (exact) mass is 705 g/mol. The zero-order valence-electron chi connectivity index (χ0n) is 31.0. The van der Waals surface area contributed by atoms with Crippen molar-refractivity contribution < 1.29 is 19.1 Å². The van der Waals surface area contributed by atoms with E-state index in [4.69, 9.17) is 21.1 Å².